The Kier molecular flexibility index (Phi) is 1.62. The molecular formula is C7H5BrN2O. The zero-order chi connectivity index (χ0) is 7.68. The number of rotatable bonds is 0. The summed E-state index contributed by atoms with van der Waals surface area (Å²) in [5.41, 5.74) is 0. The van der Waals surface area contributed by atoms with Gasteiger partial charge in [-0.3, -0.25) is 0 Å². The summed E-state index contributed by atoms with van der Waals surface area (Å²) in [5.74, 6) is 1.39. The summed E-state index contributed by atoms with van der Waals surface area (Å²) >= 11 is 3.30. The molecule has 0 amide bonds. The molecule has 0 saturated heterocycles. The first-order valence-electron chi connectivity index (χ1n) is 3.17. The van der Waals surface area contributed by atoms with Gasteiger partial charge in [0.05, 0.1) is 0 Å². The van der Waals surface area contributed by atoms with Crippen LogP contribution in [0.1, 0.15) is 0 Å². The predicted molar refractivity (Wildman–Crippen MR) is 45.6 cm³/mol. The van der Waals surface area contributed by atoms with Crippen LogP contribution in [0.3, 0.4) is 0 Å². The van der Waals surface area contributed by atoms with Crippen molar-refractivity contribution in [3.05, 3.63) is 16.7 Å². The summed E-state index contributed by atoms with van der Waals surface area (Å²) in [7, 11) is 0. The predicted octanol–water partition coefficient (Wildman–Crippen LogP) is 1.94. The largest absolute Gasteiger partial charge is 0.484 e. The number of fused-ring (bicyclic) bond motifs is 1. The van der Waals surface area contributed by atoms with Crippen molar-refractivity contribution < 1.29 is 4.74 Å². The Balaban J connectivity index is 2.53. The van der Waals surface area contributed by atoms with Crippen LogP contribution in [0.5, 0.6) is 5.75 Å². The third-order valence-corrected chi connectivity index (χ3v) is 1.76. The van der Waals surface area contributed by atoms with Crippen molar-refractivity contribution in [2.45, 2.75) is 0 Å². The number of halogens is 1. The maximum absolute atomic E-state index is 5.26. The molecule has 3 nitrogen and oxygen atoms in total. The molecule has 0 bridgehead atoms. The number of hydrogen-bond donors (Lipinski definition) is 0. The minimum Gasteiger partial charge on any atom is -0.484 e. The summed E-state index contributed by atoms with van der Waals surface area (Å²) in [6.07, 6.45) is 3.40. The molecule has 1 aliphatic heterocycles. The van der Waals surface area contributed by atoms with E-state index in [1.807, 2.05) is 6.07 Å². The number of aliphatic imine (C=N–C) groups is 1. The number of pyridine rings is 1. The van der Waals surface area contributed by atoms with Gasteiger partial charge in [-0.05, 0) is 22.0 Å². The third-order valence-electron chi connectivity index (χ3n) is 1.33. The molecule has 0 N–H and O–H groups in total. The highest BCUT2D eigenvalue weighted by molar-refractivity contribution is 9.10. The van der Waals surface area contributed by atoms with Crippen LogP contribution >= 0.6 is 15.9 Å². The molecule has 0 fully saturated rings. The van der Waals surface area contributed by atoms with Gasteiger partial charge in [0, 0.05) is 16.9 Å². The van der Waals surface area contributed by atoms with Crippen molar-refractivity contribution in [2.75, 3.05) is 6.61 Å². The van der Waals surface area contributed by atoms with Crippen LogP contribution in [0, 0.1) is 0 Å². The van der Waals surface area contributed by atoms with E-state index in [9.17, 15) is 0 Å². The Morgan fingerprint density at radius 2 is 2.45 bits per heavy atom. The second-order valence-corrected chi connectivity index (χ2v) is 3.01. The molecule has 1 aliphatic rings. The van der Waals surface area contributed by atoms with E-state index < -0.39 is 0 Å². The maximum atomic E-state index is 5.26. The van der Waals surface area contributed by atoms with Gasteiger partial charge < -0.3 is 4.74 Å². The van der Waals surface area contributed by atoms with Gasteiger partial charge in [-0.15, -0.1) is 0 Å². The Morgan fingerprint density at radius 3 is 3.36 bits per heavy atom. The molecule has 2 heterocycles. The molecule has 0 spiro atoms. The Bertz CT molecular complexity index is 311. The summed E-state index contributed by atoms with van der Waals surface area (Å²) in [4.78, 5) is 8.10. The lowest BCUT2D eigenvalue weighted by Crippen LogP contribution is -2.03. The van der Waals surface area contributed by atoms with E-state index in [1.54, 1.807) is 12.4 Å². The fourth-order valence-electron chi connectivity index (χ4n) is 0.867. The topological polar surface area (TPSA) is 34.5 Å². The van der Waals surface area contributed by atoms with Gasteiger partial charge >= 0.3 is 0 Å². The van der Waals surface area contributed by atoms with Crippen molar-refractivity contribution in [1.82, 2.24) is 4.98 Å². The van der Waals surface area contributed by atoms with Crippen molar-refractivity contribution in [3.63, 3.8) is 0 Å². The quantitative estimate of drug-likeness (QED) is 0.659. The van der Waals surface area contributed by atoms with E-state index in [1.165, 1.54) is 0 Å². The SMILES string of the molecule is Brc1cnc2c(c1)OCC=N2. The summed E-state index contributed by atoms with van der Waals surface area (Å²) in [6, 6.07) is 1.86. The minimum absolute atomic E-state index is 0.533. The second kappa shape index (κ2) is 2.62. The zero-order valence-corrected chi connectivity index (χ0v) is 7.21. The molecule has 56 valence electrons. The van der Waals surface area contributed by atoms with Gasteiger partial charge in [-0.1, -0.05) is 0 Å². The lowest BCUT2D eigenvalue weighted by Gasteiger charge is -2.09. The first kappa shape index (κ1) is 6.79. The molecule has 0 atom stereocenters. The standard InChI is InChI=1S/C7H5BrN2O/c8-5-3-6-7(10-4-5)9-1-2-11-6/h1,3-4H,2H2. The van der Waals surface area contributed by atoms with Crippen LogP contribution < -0.4 is 4.74 Å². The average molecular weight is 213 g/mol. The molecule has 1 aromatic rings. The highest BCUT2D eigenvalue weighted by Gasteiger charge is 2.07. The maximum Gasteiger partial charge on any atom is 0.194 e. The van der Waals surface area contributed by atoms with Gasteiger partial charge in [0.15, 0.2) is 11.6 Å². The van der Waals surface area contributed by atoms with E-state index in [4.69, 9.17) is 4.74 Å². The summed E-state index contributed by atoms with van der Waals surface area (Å²) in [5, 5.41) is 0. The smallest absolute Gasteiger partial charge is 0.194 e. The van der Waals surface area contributed by atoms with Crippen molar-refractivity contribution in [1.29, 1.82) is 0 Å². The Labute approximate surface area is 72.3 Å². The number of hydrogen-bond acceptors (Lipinski definition) is 3. The normalized spacial score (nSPS) is 13.9. The van der Waals surface area contributed by atoms with Gasteiger partial charge in [-0.25, -0.2) is 9.98 Å². The zero-order valence-electron chi connectivity index (χ0n) is 5.62. The van der Waals surface area contributed by atoms with Gasteiger partial charge in [0.1, 0.15) is 6.61 Å². The lowest BCUT2D eigenvalue weighted by molar-refractivity contribution is 0.375. The average Bonchev–Trinajstić information content (AvgIpc) is 2.04. The van der Waals surface area contributed by atoms with Crippen molar-refractivity contribution >= 4 is 28.0 Å². The molecule has 0 unspecified atom stereocenters. The molecule has 0 radical (unpaired) electrons. The fourth-order valence-corrected chi connectivity index (χ4v) is 1.18. The van der Waals surface area contributed by atoms with Crippen LogP contribution in [0.4, 0.5) is 5.82 Å². The Morgan fingerprint density at radius 1 is 1.55 bits per heavy atom. The fraction of sp³-hybridized carbons (Fsp3) is 0.143. The van der Waals surface area contributed by atoms with E-state index in [0.29, 0.717) is 12.4 Å². The van der Waals surface area contributed by atoms with Crippen molar-refractivity contribution in [2.24, 2.45) is 4.99 Å². The van der Waals surface area contributed by atoms with E-state index in [0.717, 1.165) is 10.2 Å². The lowest BCUT2D eigenvalue weighted by atomic mass is 10.4. The summed E-state index contributed by atoms with van der Waals surface area (Å²) in [6.45, 7) is 0.533. The Hall–Kier alpha value is -0.900. The molecule has 0 saturated carbocycles. The second-order valence-electron chi connectivity index (χ2n) is 2.10. The van der Waals surface area contributed by atoms with Crippen LogP contribution in [-0.4, -0.2) is 17.8 Å². The highest BCUT2D eigenvalue weighted by Crippen LogP contribution is 2.29. The number of nitrogens with zero attached hydrogens (tertiary/aromatic N) is 2. The van der Waals surface area contributed by atoms with Crippen LogP contribution in [0.15, 0.2) is 21.7 Å². The first-order chi connectivity index (χ1) is 5.36. The number of aromatic nitrogens is 1. The van der Waals surface area contributed by atoms with E-state index in [2.05, 4.69) is 25.9 Å². The molecule has 1 aromatic heterocycles. The molecular weight excluding hydrogens is 208 g/mol. The molecule has 11 heavy (non-hydrogen) atoms. The summed E-state index contributed by atoms with van der Waals surface area (Å²) < 4.78 is 6.17. The molecule has 0 aromatic carbocycles. The van der Waals surface area contributed by atoms with Gasteiger partial charge in [-0.2, -0.15) is 0 Å². The van der Waals surface area contributed by atoms with E-state index in [-0.39, 0.29) is 0 Å². The van der Waals surface area contributed by atoms with Crippen LogP contribution in [-0.2, 0) is 0 Å². The van der Waals surface area contributed by atoms with Gasteiger partial charge in [0.25, 0.3) is 0 Å². The van der Waals surface area contributed by atoms with Crippen LogP contribution in [0.2, 0.25) is 0 Å². The van der Waals surface area contributed by atoms with Crippen molar-refractivity contribution in [3.8, 4) is 5.75 Å². The molecule has 0 aliphatic carbocycles. The minimum atomic E-state index is 0.533. The third kappa shape index (κ3) is 1.26. The molecule has 2 rings (SSSR count). The highest BCUT2D eigenvalue weighted by atomic mass is 79.9. The molecule has 4 heteroatoms. The number of ether oxygens (including phenoxy) is 1. The monoisotopic (exact) mass is 212 g/mol. The van der Waals surface area contributed by atoms with Gasteiger partial charge in [0.2, 0.25) is 0 Å². The first-order valence-corrected chi connectivity index (χ1v) is 3.96. The van der Waals surface area contributed by atoms with Crippen LogP contribution in [0.25, 0.3) is 0 Å². The van der Waals surface area contributed by atoms with E-state index >= 15 is 0 Å².